The molecule has 0 bridgehead atoms. The van der Waals surface area contributed by atoms with Crippen molar-refractivity contribution in [2.45, 2.75) is 19.3 Å². The number of alkyl halides is 3. The first kappa shape index (κ1) is 12.2. The first-order valence-corrected chi connectivity index (χ1v) is 6.00. The maximum absolute atomic E-state index is 13.0. The number of fused-ring (bicyclic) bond motifs is 1. The van der Waals surface area contributed by atoms with Gasteiger partial charge in [0.1, 0.15) is 0 Å². The van der Waals surface area contributed by atoms with Crippen molar-refractivity contribution in [2.24, 2.45) is 0 Å². The molecular weight excluding hydrogens is 255 g/mol. The molecule has 0 saturated heterocycles. The van der Waals surface area contributed by atoms with E-state index in [9.17, 15) is 13.2 Å². The molecule has 100 valence electrons. The van der Waals surface area contributed by atoms with Crippen LogP contribution in [0.3, 0.4) is 0 Å². The molecule has 1 aromatic carbocycles. The minimum absolute atomic E-state index is 0.296. The van der Waals surface area contributed by atoms with Gasteiger partial charge in [0.05, 0.1) is 11.4 Å². The van der Waals surface area contributed by atoms with Crippen molar-refractivity contribution in [3.8, 4) is 11.3 Å². The van der Waals surface area contributed by atoms with Gasteiger partial charge in [-0.05, 0) is 0 Å². The van der Waals surface area contributed by atoms with Gasteiger partial charge in [-0.1, -0.05) is 30.3 Å². The Kier molecular flexibility index (Phi) is 2.82. The van der Waals surface area contributed by atoms with Crippen LogP contribution in [0, 0.1) is 0 Å². The summed E-state index contributed by atoms with van der Waals surface area (Å²) in [5.41, 5.74) is 1.73. The molecule has 0 aliphatic carbocycles. The molecule has 0 radical (unpaired) electrons. The second-order valence-electron chi connectivity index (χ2n) is 4.42. The molecule has 0 spiro atoms. The highest BCUT2D eigenvalue weighted by atomic mass is 19.4. The third kappa shape index (κ3) is 2.12. The molecule has 6 heteroatoms. The standard InChI is InChI=1S/C13H12F3N3/c14-13(15,16)12-18-11(9-4-2-1-3-5-9)10-8-17-6-7-19(10)12/h1-5,17H,6-8H2. The number of imidazole rings is 1. The number of aromatic nitrogens is 2. The number of rotatable bonds is 1. The number of benzene rings is 1. The van der Waals surface area contributed by atoms with Gasteiger partial charge in [0.15, 0.2) is 0 Å². The van der Waals surface area contributed by atoms with Crippen LogP contribution in [0.1, 0.15) is 11.5 Å². The normalized spacial score (nSPS) is 15.3. The lowest BCUT2D eigenvalue weighted by Gasteiger charge is -2.19. The minimum Gasteiger partial charge on any atom is -0.321 e. The van der Waals surface area contributed by atoms with Crippen molar-refractivity contribution in [1.82, 2.24) is 14.9 Å². The quantitative estimate of drug-likeness (QED) is 0.861. The van der Waals surface area contributed by atoms with Crippen LogP contribution in [0.25, 0.3) is 11.3 Å². The Labute approximate surface area is 108 Å². The molecule has 1 aliphatic rings. The summed E-state index contributed by atoms with van der Waals surface area (Å²) < 4.78 is 40.3. The summed E-state index contributed by atoms with van der Waals surface area (Å²) in [5, 5.41) is 3.09. The number of hydrogen-bond acceptors (Lipinski definition) is 2. The van der Waals surface area contributed by atoms with Crippen molar-refractivity contribution in [1.29, 1.82) is 0 Å². The Balaban J connectivity index is 2.18. The van der Waals surface area contributed by atoms with E-state index in [2.05, 4.69) is 10.3 Å². The third-order valence-electron chi connectivity index (χ3n) is 3.18. The van der Waals surface area contributed by atoms with Gasteiger partial charge in [0.2, 0.25) is 5.82 Å². The zero-order valence-electron chi connectivity index (χ0n) is 10.0. The number of nitrogens with one attached hydrogen (secondary N) is 1. The molecule has 3 rings (SSSR count). The summed E-state index contributed by atoms with van der Waals surface area (Å²) in [6.07, 6.45) is -4.42. The van der Waals surface area contributed by atoms with E-state index in [-0.39, 0.29) is 0 Å². The number of halogens is 3. The third-order valence-corrected chi connectivity index (χ3v) is 3.18. The molecule has 2 heterocycles. The average Bonchev–Trinajstić information content (AvgIpc) is 2.79. The molecule has 1 aromatic heterocycles. The van der Waals surface area contributed by atoms with E-state index in [1.165, 1.54) is 4.57 Å². The minimum atomic E-state index is -4.42. The van der Waals surface area contributed by atoms with Gasteiger partial charge in [-0.2, -0.15) is 13.2 Å². The molecule has 1 N–H and O–H groups in total. The van der Waals surface area contributed by atoms with E-state index in [1.807, 2.05) is 6.07 Å². The van der Waals surface area contributed by atoms with Gasteiger partial charge in [-0.15, -0.1) is 0 Å². The lowest BCUT2D eigenvalue weighted by molar-refractivity contribution is -0.147. The van der Waals surface area contributed by atoms with E-state index in [0.29, 0.717) is 36.6 Å². The second-order valence-corrected chi connectivity index (χ2v) is 4.42. The van der Waals surface area contributed by atoms with Crippen LogP contribution in [0.15, 0.2) is 30.3 Å². The first-order chi connectivity index (χ1) is 9.07. The first-order valence-electron chi connectivity index (χ1n) is 6.00. The van der Waals surface area contributed by atoms with Crippen molar-refractivity contribution >= 4 is 0 Å². The highest BCUT2D eigenvalue weighted by Gasteiger charge is 2.39. The largest absolute Gasteiger partial charge is 0.449 e. The van der Waals surface area contributed by atoms with Crippen LogP contribution in [0.2, 0.25) is 0 Å². The van der Waals surface area contributed by atoms with Gasteiger partial charge >= 0.3 is 6.18 Å². The fourth-order valence-electron chi connectivity index (χ4n) is 2.35. The van der Waals surface area contributed by atoms with Crippen LogP contribution >= 0.6 is 0 Å². The van der Waals surface area contributed by atoms with Crippen molar-refractivity contribution < 1.29 is 13.2 Å². The topological polar surface area (TPSA) is 29.9 Å². The summed E-state index contributed by atoms with van der Waals surface area (Å²) in [4.78, 5) is 3.83. The molecule has 2 aromatic rings. The molecule has 3 nitrogen and oxygen atoms in total. The van der Waals surface area contributed by atoms with Gasteiger partial charge in [-0.3, -0.25) is 0 Å². The van der Waals surface area contributed by atoms with Crippen molar-refractivity contribution in [3.05, 3.63) is 41.9 Å². The van der Waals surface area contributed by atoms with Gasteiger partial charge in [-0.25, -0.2) is 4.98 Å². The van der Waals surface area contributed by atoms with E-state index in [0.717, 1.165) is 0 Å². The second kappa shape index (κ2) is 4.38. The molecule has 0 unspecified atom stereocenters. The maximum atomic E-state index is 13.0. The Bertz CT molecular complexity index is 587. The smallest absolute Gasteiger partial charge is 0.321 e. The van der Waals surface area contributed by atoms with Crippen LogP contribution < -0.4 is 5.32 Å². The Hall–Kier alpha value is -1.82. The summed E-state index contributed by atoms with van der Waals surface area (Å²) in [5.74, 6) is -0.803. The Morgan fingerprint density at radius 3 is 2.58 bits per heavy atom. The SMILES string of the molecule is FC(F)(F)c1nc(-c2ccccc2)c2n1CCNC2. The van der Waals surface area contributed by atoms with E-state index in [1.54, 1.807) is 24.3 Å². The zero-order valence-corrected chi connectivity index (χ0v) is 10.0. The van der Waals surface area contributed by atoms with Gasteiger partial charge < -0.3 is 9.88 Å². The summed E-state index contributed by atoms with van der Waals surface area (Å²) in [6, 6.07) is 8.97. The van der Waals surface area contributed by atoms with E-state index >= 15 is 0 Å². The van der Waals surface area contributed by atoms with E-state index in [4.69, 9.17) is 0 Å². The maximum Gasteiger partial charge on any atom is 0.449 e. The van der Waals surface area contributed by atoms with Crippen LogP contribution in [0.5, 0.6) is 0 Å². The fraction of sp³-hybridized carbons (Fsp3) is 0.308. The van der Waals surface area contributed by atoms with Crippen LogP contribution in [-0.2, 0) is 19.3 Å². The summed E-state index contributed by atoms with van der Waals surface area (Å²) in [6.45, 7) is 1.23. The highest BCUT2D eigenvalue weighted by molar-refractivity contribution is 5.62. The molecule has 19 heavy (non-hydrogen) atoms. The van der Waals surface area contributed by atoms with E-state index < -0.39 is 12.0 Å². The molecular formula is C13H12F3N3. The number of hydrogen-bond donors (Lipinski definition) is 1. The summed E-state index contributed by atoms with van der Waals surface area (Å²) in [7, 11) is 0. The Morgan fingerprint density at radius 2 is 1.89 bits per heavy atom. The molecule has 0 saturated carbocycles. The average molecular weight is 267 g/mol. The number of nitrogens with zero attached hydrogens (tertiary/aromatic N) is 2. The molecule has 0 atom stereocenters. The van der Waals surface area contributed by atoms with Gasteiger partial charge in [0.25, 0.3) is 0 Å². The van der Waals surface area contributed by atoms with Crippen LogP contribution in [0.4, 0.5) is 13.2 Å². The zero-order chi connectivity index (χ0) is 13.5. The van der Waals surface area contributed by atoms with Crippen molar-refractivity contribution in [2.75, 3.05) is 6.54 Å². The molecule has 1 aliphatic heterocycles. The molecule has 0 amide bonds. The Morgan fingerprint density at radius 1 is 1.16 bits per heavy atom. The summed E-state index contributed by atoms with van der Waals surface area (Å²) >= 11 is 0. The lowest BCUT2D eigenvalue weighted by atomic mass is 10.1. The lowest BCUT2D eigenvalue weighted by Crippen LogP contribution is -2.30. The predicted octanol–water partition coefficient (Wildman–Crippen LogP) is 2.67. The fourth-order valence-corrected chi connectivity index (χ4v) is 2.35. The highest BCUT2D eigenvalue weighted by Crippen LogP contribution is 2.34. The van der Waals surface area contributed by atoms with Crippen molar-refractivity contribution in [3.63, 3.8) is 0 Å². The van der Waals surface area contributed by atoms with Crippen LogP contribution in [-0.4, -0.2) is 16.1 Å². The van der Waals surface area contributed by atoms with Gasteiger partial charge in [0, 0.05) is 25.2 Å². The predicted molar refractivity (Wildman–Crippen MR) is 64.4 cm³/mol. The monoisotopic (exact) mass is 267 g/mol. The molecule has 0 fully saturated rings.